The van der Waals surface area contributed by atoms with Gasteiger partial charge in [-0.2, -0.15) is 4.98 Å². The lowest BCUT2D eigenvalue weighted by Crippen LogP contribution is -2.38. The zero-order chi connectivity index (χ0) is 16.2. The predicted octanol–water partition coefficient (Wildman–Crippen LogP) is 2.79. The van der Waals surface area contributed by atoms with Gasteiger partial charge in [0.15, 0.2) is 5.82 Å². The van der Waals surface area contributed by atoms with Crippen LogP contribution in [0.5, 0.6) is 0 Å². The third kappa shape index (κ3) is 4.10. The van der Waals surface area contributed by atoms with Gasteiger partial charge >= 0.3 is 0 Å². The van der Waals surface area contributed by atoms with Crippen LogP contribution in [0.2, 0.25) is 0 Å². The van der Waals surface area contributed by atoms with Crippen LogP contribution in [-0.4, -0.2) is 44.8 Å². The number of carbonyl (C=O) groups excluding carboxylic acids is 1. The molecule has 0 N–H and O–H groups in total. The summed E-state index contributed by atoms with van der Waals surface area (Å²) in [4.78, 5) is 22.7. The summed E-state index contributed by atoms with van der Waals surface area (Å²) in [5, 5.41) is 4.59. The summed E-state index contributed by atoms with van der Waals surface area (Å²) in [6, 6.07) is 3.76. The van der Waals surface area contributed by atoms with Crippen LogP contribution in [0.25, 0.3) is 11.5 Å². The van der Waals surface area contributed by atoms with Gasteiger partial charge in [-0.05, 0) is 37.8 Å². The van der Waals surface area contributed by atoms with E-state index in [1.165, 1.54) is 11.8 Å². The van der Waals surface area contributed by atoms with Crippen LogP contribution in [0, 0.1) is 12.8 Å². The van der Waals surface area contributed by atoms with Crippen LogP contribution < -0.4 is 0 Å². The van der Waals surface area contributed by atoms with Gasteiger partial charge in [-0.3, -0.25) is 4.79 Å². The molecule has 1 aliphatic rings. The van der Waals surface area contributed by atoms with Crippen LogP contribution in [0.15, 0.2) is 27.9 Å². The molecule has 0 spiro atoms. The number of nitrogens with zero attached hydrogens (tertiary/aromatic N) is 4. The lowest BCUT2D eigenvalue weighted by Gasteiger charge is -2.30. The fourth-order valence-electron chi connectivity index (χ4n) is 2.49. The van der Waals surface area contributed by atoms with Crippen molar-refractivity contribution in [1.82, 2.24) is 20.0 Å². The molecule has 0 unspecified atom stereocenters. The minimum absolute atomic E-state index is 0.195. The molecule has 0 saturated carbocycles. The van der Waals surface area contributed by atoms with Gasteiger partial charge in [0.2, 0.25) is 5.91 Å². The van der Waals surface area contributed by atoms with Crippen molar-refractivity contribution in [2.45, 2.75) is 31.7 Å². The van der Waals surface area contributed by atoms with Crippen molar-refractivity contribution in [1.29, 1.82) is 0 Å². The number of hydrogen-bond acceptors (Lipinski definition) is 6. The predicted molar refractivity (Wildman–Crippen MR) is 88.0 cm³/mol. The number of carbonyl (C=O) groups is 1. The first-order chi connectivity index (χ1) is 11.1. The molecular formula is C16H20N4O2S. The molecule has 2 aromatic rings. The third-order valence-corrected chi connectivity index (χ3v) is 4.92. The van der Waals surface area contributed by atoms with E-state index in [9.17, 15) is 4.79 Å². The average Bonchev–Trinajstić information content (AvgIpc) is 3.00. The molecule has 0 aromatic carbocycles. The normalized spacial score (nSPS) is 15.8. The second-order valence-corrected chi connectivity index (χ2v) is 6.88. The van der Waals surface area contributed by atoms with Gasteiger partial charge in [0.25, 0.3) is 5.89 Å². The minimum Gasteiger partial charge on any atom is -0.342 e. The summed E-state index contributed by atoms with van der Waals surface area (Å²) in [5.41, 5.74) is 0.784. The molecule has 0 radical (unpaired) electrons. The highest BCUT2D eigenvalue weighted by Crippen LogP contribution is 2.22. The Bertz CT molecular complexity index is 663. The minimum atomic E-state index is 0.195. The lowest BCUT2D eigenvalue weighted by molar-refractivity contribution is -0.129. The fraction of sp³-hybridized carbons (Fsp3) is 0.500. The van der Waals surface area contributed by atoms with Crippen LogP contribution in [0.1, 0.15) is 25.6 Å². The first-order valence-corrected chi connectivity index (χ1v) is 8.77. The zero-order valence-electron chi connectivity index (χ0n) is 13.4. The first kappa shape index (κ1) is 16.0. The maximum atomic E-state index is 12.2. The van der Waals surface area contributed by atoms with Gasteiger partial charge in [0, 0.05) is 19.3 Å². The first-order valence-electron chi connectivity index (χ1n) is 7.79. The maximum Gasteiger partial charge on any atom is 0.259 e. The highest BCUT2D eigenvalue weighted by molar-refractivity contribution is 7.99. The number of pyridine rings is 1. The fourth-order valence-corrected chi connectivity index (χ4v) is 3.24. The van der Waals surface area contributed by atoms with E-state index in [-0.39, 0.29) is 5.91 Å². The standard InChI is InChI=1S/C16H20N4O2S/c1-11-5-7-20(8-6-11)15(21)10-23-14-4-3-13(9-17-14)16-18-12(2)19-22-16/h3-4,9,11H,5-8,10H2,1-2H3. The summed E-state index contributed by atoms with van der Waals surface area (Å²) in [5.74, 6) is 2.42. The van der Waals surface area contributed by atoms with E-state index in [4.69, 9.17) is 4.52 Å². The van der Waals surface area contributed by atoms with E-state index in [1.54, 1.807) is 13.1 Å². The number of amides is 1. The third-order valence-electron chi connectivity index (χ3n) is 3.99. The van der Waals surface area contributed by atoms with Crippen LogP contribution in [-0.2, 0) is 4.79 Å². The van der Waals surface area contributed by atoms with E-state index in [2.05, 4.69) is 22.0 Å². The topological polar surface area (TPSA) is 72.1 Å². The summed E-state index contributed by atoms with van der Waals surface area (Å²) in [6.45, 7) is 5.78. The summed E-state index contributed by atoms with van der Waals surface area (Å²) < 4.78 is 5.11. The Morgan fingerprint density at radius 3 is 2.78 bits per heavy atom. The van der Waals surface area contributed by atoms with Gasteiger partial charge in [-0.15, -0.1) is 0 Å². The Morgan fingerprint density at radius 2 is 2.17 bits per heavy atom. The number of rotatable bonds is 4. The van der Waals surface area contributed by atoms with Crippen molar-refractivity contribution >= 4 is 17.7 Å². The van der Waals surface area contributed by atoms with Crippen molar-refractivity contribution in [2.75, 3.05) is 18.8 Å². The van der Waals surface area contributed by atoms with Crippen LogP contribution in [0.3, 0.4) is 0 Å². The number of aryl methyl sites for hydroxylation is 1. The number of thioether (sulfide) groups is 1. The highest BCUT2D eigenvalue weighted by atomic mass is 32.2. The largest absolute Gasteiger partial charge is 0.342 e. The van der Waals surface area contributed by atoms with Crippen molar-refractivity contribution in [2.24, 2.45) is 5.92 Å². The summed E-state index contributed by atoms with van der Waals surface area (Å²) in [6.07, 6.45) is 3.91. The van der Waals surface area contributed by atoms with Crippen molar-refractivity contribution in [3.63, 3.8) is 0 Å². The van der Waals surface area contributed by atoms with Gasteiger partial charge in [-0.1, -0.05) is 23.8 Å². The van der Waals surface area contributed by atoms with Crippen molar-refractivity contribution in [3.05, 3.63) is 24.2 Å². The monoisotopic (exact) mass is 332 g/mol. The summed E-state index contributed by atoms with van der Waals surface area (Å²) >= 11 is 1.46. The van der Waals surface area contributed by atoms with Gasteiger partial charge in [-0.25, -0.2) is 4.98 Å². The van der Waals surface area contributed by atoms with Crippen molar-refractivity contribution in [3.8, 4) is 11.5 Å². The second-order valence-electron chi connectivity index (χ2n) is 5.88. The average molecular weight is 332 g/mol. The smallest absolute Gasteiger partial charge is 0.259 e. The van der Waals surface area contributed by atoms with Gasteiger partial charge in [0.05, 0.1) is 16.3 Å². The molecule has 2 aromatic heterocycles. The maximum absolute atomic E-state index is 12.2. The second kappa shape index (κ2) is 7.12. The van der Waals surface area contributed by atoms with Crippen LogP contribution >= 0.6 is 11.8 Å². The Labute approximate surface area is 139 Å². The van der Waals surface area contributed by atoms with Gasteiger partial charge in [0.1, 0.15) is 0 Å². The SMILES string of the molecule is Cc1noc(-c2ccc(SCC(=O)N3CCC(C)CC3)nc2)n1. The van der Waals surface area contributed by atoms with E-state index >= 15 is 0 Å². The zero-order valence-corrected chi connectivity index (χ0v) is 14.2. The summed E-state index contributed by atoms with van der Waals surface area (Å²) in [7, 11) is 0. The van der Waals surface area contributed by atoms with E-state index in [1.807, 2.05) is 17.0 Å². The molecular weight excluding hydrogens is 312 g/mol. The molecule has 1 fully saturated rings. The molecule has 3 rings (SSSR count). The van der Waals surface area contributed by atoms with Gasteiger partial charge < -0.3 is 9.42 Å². The lowest BCUT2D eigenvalue weighted by atomic mass is 9.99. The molecule has 23 heavy (non-hydrogen) atoms. The Balaban J connectivity index is 1.53. The molecule has 1 amide bonds. The molecule has 7 heteroatoms. The molecule has 0 bridgehead atoms. The van der Waals surface area contributed by atoms with E-state index in [0.717, 1.165) is 42.4 Å². The van der Waals surface area contributed by atoms with Crippen molar-refractivity contribution < 1.29 is 9.32 Å². The molecule has 0 atom stereocenters. The molecule has 122 valence electrons. The molecule has 0 aliphatic carbocycles. The molecule has 1 saturated heterocycles. The number of aromatic nitrogens is 3. The van der Waals surface area contributed by atoms with E-state index in [0.29, 0.717) is 17.5 Å². The molecule has 3 heterocycles. The van der Waals surface area contributed by atoms with E-state index < -0.39 is 0 Å². The molecule has 6 nitrogen and oxygen atoms in total. The number of hydrogen-bond donors (Lipinski definition) is 0. The number of piperidine rings is 1. The Kier molecular flexibility index (Phi) is 4.95. The Morgan fingerprint density at radius 1 is 1.39 bits per heavy atom. The highest BCUT2D eigenvalue weighted by Gasteiger charge is 2.20. The van der Waals surface area contributed by atoms with Crippen LogP contribution in [0.4, 0.5) is 0 Å². The number of likely N-dealkylation sites (tertiary alicyclic amines) is 1. The Hall–Kier alpha value is -1.89. The molecule has 1 aliphatic heterocycles. The quantitative estimate of drug-likeness (QED) is 0.802.